The highest BCUT2D eigenvalue weighted by molar-refractivity contribution is 5.73. The molecule has 2 aromatic carbocycles. The van der Waals surface area contributed by atoms with Gasteiger partial charge in [0, 0.05) is 6.54 Å². The maximum atomic E-state index is 10.6. The second kappa shape index (κ2) is 17.4. The van der Waals surface area contributed by atoms with Crippen LogP contribution in [-0.2, 0) is 22.4 Å². The summed E-state index contributed by atoms with van der Waals surface area (Å²) in [5.41, 5.74) is 2.64. The fourth-order valence-electron chi connectivity index (χ4n) is 3.14. The number of carboxylic acid groups (broad SMARTS) is 2. The third-order valence-electron chi connectivity index (χ3n) is 4.97. The number of hydrogen-bond donors (Lipinski definition) is 3. The molecule has 0 unspecified atom stereocenters. The van der Waals surface area contributed by atoms with Gasteiger partial charge in [0.2, 0.25) is 0 Å². The van der Waals surface area contributed by atoms with E-state index in [0.29, 0.717) is 6.54 Å². The monoisotopic (exact) mass is 497 g/mol. The third-order valence-corrected chi connectivity index (χ3v) is 4.97. The molecule has 2 rings (SSSR count). The quantitative estimate of drug-likeness (QED) is 0.281. The highest BCUT2D eigenvalue weighted by Crippen LogP contribution is 2.15. The smallest absolute Gasteiger partial charge is 0.490 e. The summed E-state index contributed by atoms with van der Waals surface area (Å²) in [6.45, 7) is 2.05. The summed E-state index contributed by atoms with van der Waals surface area (Å²) >= 11 is 0. The normalized spacial score (nSPS) is 10.8. The van der Waals surface area contributed by atoms with Crippen LogP contribution in [0.1, 0.15) is 49.7 Å². The molecule has 0 spiro atoms. The van der Waals surface area contributed by atoms with Crippen LogP contribution in [0.25, 0.3) is 0 Å². The van der Waals surface area contributed by atoms with Crippen LogP contribution in [-0.4, -0.2) is 48.0 Å². The molecule has 0 amide bonds. The SMILES string of the molecule is O=C(O)C(F)(F)F.O=C(O)CCNCCc1cccc(OCCCCCCCc2ccccc2)c1. The summed E-state index contributed by atoms with van der Waals surface area (Å²) in [6.07, 6.45) is 3.22. The Kier molecular flexibility index (Phi) is 14.9. The number of carbonyl (C=O) groups is 2. The highest BCUT2D eigenvalue weighted by Gasteiger charge is 2.38. The van der Waals surface area contributed by atoms with E-state index in [1.54, 1.807) is 0 Å². The summed E-state index contributed by atoms with van der Waals surface area (Å²) in [5, 5.41) is 18.9. The molecule has 0 bridgehead atoms. The van der Waals surface area contributed by atoms with Crippen molar-refractivity contribution in [3.63, 3.8) is 0 Å². The summed E-state index contributed by atoms with van der Waals surface area (Å²) in [5.74, 6) is -2.60. The molecule has 6 nitrogen and oxygen atoms in total. The number of carboxylic acids is 2. The minimum atomic E-state index is -5.08. The van der Waals surface area contributed by atoms with Crippen LogP contribution in [0.15, 0.2) is 54.6 Å². The van der Waals surface area contributed by atoms with Crippen molar-refractivity contribution in [3.05, 3.63) is 65.7 Å². The molecule has 0 heterocycles. The first kappa shape index (κ1) is 30.0. The van der Waals surface area contributed by atoms with Crippen molar-refractivity contribution >= 4 is 11.9 Å². The van der Waals surface area contributed by atoms with Crippen LogP contribution in [0.3, 0.4) is 0 Å². The number of nitrogens with one attached hydrogen (secondary N) is 1. The molecule has 194 valence electrons. The molecule has 2 aromatic rings. The molecule has 0 saturated carbocycles. The van der Waals surface area contributed by atoms with Gasteiger partial charge in [0.25, 0.3) is 0 Å². The number of aryl methyl sites for hydroxylation is 1. The van der Waals surface area contributed by atoms with Gasteiger partial charge in [0.05, 0.1) is 13.0 Å². The van der Waals surface area contributed by atoms with Crippen LogP contribution in [0, 0.1) is 0 Å². The van der Waals surface area contributed by atoms with Gasteiger partial charge in [-0.2, -0.15) is 13.2 Å². The van der Waals surface area contributed by atoms with Gasteiger partial charge in [-0.3, -0.25) is 4.79 Å². The Hall–Kier alpha value is -3.07. The third kappa shape index (κ3) is 16.2. The Labute approximate surface area is 204 Å². The Bertz CT molecular complexity index is 860. The van der Waals surface area contributed by atoms with Crippen molar-refractivity contribution in [3.8, 4) is 5.75 Å². The van der Waals surface area contributed by atoms with E-state index in [4.69, 9.17) is 19.7 Å². The molecule has 0 fully saturated rings. The van der Waals surface area contributed by atoms with Gasteiger partial charge >= 0.3 is 18.1 Å². The van der Waals surface area contributed by atoms with Crippen LogP contribution in [0.5, 0.6) is 5.75 Å². The summed E-state index contributed by atoms with van der Waals surface area (Å²) in [4.78, 5) is 19.4. The van der Waals surface area contributed by atoms with E-state index >= 15 is 0 Å². The zero-order valence-electron chi connectivity index (χ0n) is 19.7. The van der Waals surface area contributed by atoms with E-state index < -0.39 is 18.1 Å². The van der Waals surface area contributed by atoms with Crippen molar-refractivity contribution in [2.24, 2.45) is 0 Å². The number of hydrogen-bond acceptors (Lipinski definition) is 4. The molecule has 0 saturated heterocycles. The first-order valence-electron chi connectivity index (χ1n) is 11.7. The van der Waals surface area contributed by atoms with Crippen LogP contribution >= 0.6 is 0 Å². The lowest BCUT2D eigenvalue weighted by Gasteiger charge is -2.09. The lowest BCUT2D eigenvalue weighted by atomic mass is 10.1. The first-order valence-corrected chi connectivity index (χ1v) is 11.7. The van der Waals surface area contributed by atoms with Crippen molar-refractivity contribution in [1.82, 2.24) is 5.32 Å². The van der Waals surface area contributed by atoms with Crippen LogP contribution in [0.4, 0.5) is 13.2 Å². The Balaban J connectivity index is 0.000000762. The molecule has 0 atom stereocenters. The molecule has 35 heavy (non-hydrogen) atoms. The van der Waals surface area contributed by atoms with Crippen LogP contribution < -0.4 is 10.1 Å². The maximum Gasteiger partial charge on any atom is 0.490 e. The van der Waals surface area contributed by atoms with E-state index in [9.17, 15) is 18.0 Å². The van der Waals surface area contributed by atoms with Gasteiger partial charge < -0.3 is 20.3 Å². The number of unbranched alkanes of at least 4 members (excludes halogenated alkanes) is 4. The largest absolute Gasteiger partial charge is 0.494 e. The highest BCUT2D eigenvalue weighted by atomic mass is 19.4. The van der Waals surface area contributed by atoms with Gasteiger partial charge in [0.15, 0.2) is 0 Å². The number of alkyl halides is 3. The number of benzene rings is 2. The molecule has 9 heteroatoms. The minimum absolute atomic E-state index is 0.162. The van der Waals surface area contributed by atoms with Gasteiger partial charge in [-0.05, 0) is 55.5 Å². The number of halogens is 3. The Morgan fingerprint density at radius 2 is 1.43 bits per heavy atom. The zero-order valence-corrected chi connectivity index (χ0v) is 19.7. The summed E-state index contributed by atoms with van der Waals surface area (Å²) in [7, 11) is 0. The molecule has 0 aliphatic rings. The minimum Gasteiger partial charge on any atom is -0.494 e. The van der Waals surface area contributed by atoms with E-state index in [0.717, 1.165) is 31.7 Å². The fraction of sp³-hybridized carbons (Fsp3) is 0.462. The first-order chi connectivity index (χ1) is 16.7. The average Bonchev–Trinajstić information content (AvgIpc) is 2.81. The number of ether oxygens (including phenoxy) is 1. The van der Waals surface area contributed by atoms with Crippen molar-refractivity contribution < 1.29 is 37.7 Å². The molecule has 0 aromatic heterocycles. The van der Waals surface area contributed by atoms with E-state index in [-0.39, 0.29) is 6.42 Å². The topological polar surface area (TPSA) is 95.9 Å². The second-order valence-corrected chi connectivity index (χ2v) is 7.95. The van der Waals surface area contributed by atoms with Gasteiger partial charge in [-0.15, -0.1) is 0 Å². The Morgan fingerprint density at radius 3 is 2.09 bits per heavy atom. The average molecular weight is 498 g/mol. The van der Waals surface area contributed by atoms with E-state index in [1.165, 1.54) is 43.2 Å². The van der Waals surface area contributed by atoms with Crippen molar-refractivity contribution in [2.45, 2.75) is 57.5 Å². The molecular weight excluding hydrogens is 463 g/mol. The second-order valence-electron chi connectivity index (χ2n) is 7.95. The molecular formula is C26H34F3NO5. The van der Waals surface area contributed by atoms with Crippen molar-refractivity contribution in [2.75, 3.05) is 19.7 Å². The number of aliphatic carboxylic acids is 2. The van der Waals surface area contributed by atoms with Gasteiger partial charge in [-0.1, -0.05) is 61.7 Å². The number of rotatable bonds is 15. The van der Waals surface area contributed by atoms with Crippen LogP contribution in [0.2, 0.25) is 0 Å². The standard InChI is InChI=1S/C24H33NO3.C2HF3O2/c26-24(27)16-18-25-17-15-22-13-9-14-23(20-22)28-19-8-3-1-2-5-10-21-11-6-4-7-12-21;3-2(4,5)1(6)7/h4,6-7,9,11-14,20,25H,1-3,5,8,10,15-19H2,(H,26,27);(H,6,7). The van der Waals surface area contributed by atoms with Crippen molar-refractivity contribution in [1.29, 1.82) is 0 Å². The fourth-order valence-corrected chi connectivity index (χ4v) is 3.14. The van der Waals surface area contributed by atoms with Gasteiger partial charge in [0.1, 0.15) is 5.75 Å². The lowest BCUT2D eigenvalue weighted by molar-refractivity contribution is -0.192. The maximum absolute atomic E-state index is 10.6. The predicted molar refractivity (Wildman–Crippen MR) is 128 cm³/mol. The molecule has 0 aliphatic carbocycles. The summed E-state index contributed by atoms with van der Waals surface area (Å²) in [6, 6.07) is 18.9. The van der Waals surface area contributed by atoms with E-state index in [1.807, 2.05) is 12.1 Å². The molecule has 0 aliphatic heterocycles. The molecule has 3 N–H and O–H groups in total. The predicted octanol–water partition coefficient (Wildman–Crippen LogP) is 5.50. The van der Waals surface area contributed by atoms with Gasteiger partial charge in [-0.25, -0.2) is 4.79 Å². The Morgan fingerprint density at radius 1 is 0.800 bits per heavy atom. The summed E-state index contributed by atoms with van der Waals surface area (Å²) < 4.78 is 37.6. The van der Waals surface area contributed by atoms with E-state index in [2.05, 4.69) is 47.8 Å². The zero-order chi connectivity index (χ0) is 25.9. The lowest BCUT2D eigenvalue weighted by Crippen LogP contribution is -2.21. The molecule has 0 radical (unpaired) electrons.